The molecule has 1 N–H and O–H groups in total. The number of non-ortho nitro benzene ring substituents is 1. The zero-order chi connectivity index (χ0) is 19.4. The fourth-order valence-corrected chi connectivity index (χ4v) is 1.98. The molecule has 9 heteroatoms. The van der Waals surface area contributed by atoms with Crippen LogP contribution < -0.4 is 0 Å². The molecule has 0 aromatic heterocycles. The minimum absolute atomic E-state index is 0.0331. The monoisotopic (exact) mass is 366 g/mol. The molecule has 0 saturated heterocycles. The van der Waals surface area contributed by atoms with Gasteiger partial charge in [0, 0.05) is 31.3 Å². The smallest absolute Gasteiger partial charge is 0.307 e. The molecule has 26 heavy (non-hydrogen) atoms. The molecule has 0 fully saturated rings. The normalized spacial score (nSPS) is 10.7. The number of rotatable bonds is 11. The number of aliphatic hydroxyl groups excluding tert-OH is 1. The Bertz CT molecular complexity index is 629. The molecule has 0 unspecified atom stereocenters. The molecule has 9 nitrogen and oxygen atoms in total. The summed E-state index contributed by atoms with van der Waals surface area (Å²) in [5.74, 6) is -0.765. The summed E-state index contributed by atoms with van der Waals surface area (Å²) in [5, 5.41) is 19.3. The van der Waals surface area contributed by atoms with E-state index in [9.17, 15) is 19.7 Å². The fraction of sp³-hybridized carbons (Fsp3) is 0.412. The summed E-state index contributed by atoms with van der Waals surface area (Å²) in [5.41, 5.74) is 0.600. The lowest BCUT2D eigenvalue weighted by atomic mass is 10.2. The van der Waals surface area contributed by atoms with Crippen LogP contribution in [0.5, 0.6) is 0 Å². The van der Waals surface area contributed by atoms with E-state index in [0.29, 0.717) is 5.56 Å². The minimum atomic E-state index is -0.500. The second kappa shape index (κ2) is 11.7. The van der Waals surface area contributed by atoms with Gasteiger partial charge in [-0.05, 0) is 23.8 Å². The Morgan fingerprint density at radius 1 is 1.23 bits per heavy atom. The van der Waals surface area contributed by atoms with E-state index in [1.165, 1.54) is 48.4 Å². The Morgan fingerprint density at radius 2 is 1.92 bits per heavy atom. The van der Waals surface area contributed by atoms with E-state index < -0.39 is 10.9 Å². The van der Waals surface area contributed by atoms with Gasteiger partial charge in [0.25, 0.3) is 5.69 Å². The molecule has 142 valence electrons. The van der Waals surface area contributed by atoms with Crippen LogP contribution in [-0.2, 0) is 19.1 Å². The van der Waals surface area contributed by atoms with Crippen LogP contribution in [-0.4, -0.2) is 66.8 Å². The highest BCUT2D eigenvalue weighted by Gasteiger charge is 2.13. The number of nitro groups is 1. The number of hydrogen-bond donors (Lipinski definition) is 1. The second-order valence-electron chi connectivity index (χ2n) is 5.17. The highest BCUT2D eigenvalue weighted by Crippen LogP contribution is 2.13. The standard InChI is InChI=1S/C17H22N2O7/c1-25-17(22)8-9-18(10-12-26-13-11-20)16(21)7-4-14-2-5-15(6-3-14)19(23)24/h2-7,20H,8-13H2,1H3/b7-4+. The molecular formula is C17H22N2O7. The van der Waals surface area contributed by atoms with Gasteiger partial charge in [0.15, 0.2) is 0 Å². The molecule has 1 amide bonds. The molecule has 0 atom stereocenters. The van der Waals surface area contributed by atoms with E-state index in [2.05, 4.69) is 4.74 Å². The number of nitrogens with zero attached hydrogens (tertiary/aromatic N) is 2. The maximum absolute atomic E-state index is 12.3. The van der Waals surface area contributed by atoms with Gasteiger partial charge >= 0.3 is 5.97 Å². The van der Waals surface area contributed by atoms with Crippen LogP contribution in [0.15, 0.2) is 30.3 Å². The molecule has 0 heterocycles. The Labute approximate surface area is 151 Å². The van der Waals surface area contributed by atoms with Crippen molar-refractivity contribution >= 4 is 23.6 Å². The summed E-state index contributed by atoms with van der Waals surface area (Å²) in [6.07, 6.45) is 2.91. The van der Waals surface area contributed by atoms with Gasteiger partial charge in [0.05, 0.1) is 38.3 Å². The highest BCUT2D eigenvalue weighted by molar-refractivity contribution is 5.92. The van der Waals surface area contributed by atoms with Gasteiger partial charge in [0.2, 0.25) is 5.91 Å². The van der Waals surface area contributed by atoms with Crippen molar-refractivity contribution in [2.75, 3.05) is 40.0 Å². The molecule has 1 aromatic rings. The van der Waals surface area contributed by atoms with E-state index >= 15 is 0 Å². The summed E-state index contributed by atoms with van der Waals surface area (Å²) in [6.45, 7) is 0.686. The molecule has 0 radical (unpaired) electrons. The predicted octanol–water partition coefficient (Wildman–Crippen LogP) is 1.01. The fourth-order valence-electron chi connectivity index (χ4n) is 1.98. The first-order valence-electron chi connectivity index (χ1n) is 7.94. The molecule has 0 saturated carbocycles. The van der Waals surface area contributed by atoms with Crippen molar-refractivity contribution in [1.29, 1.82) is 0 Å². The van der Waals surface area contributed by atoms with Crippen molar-refractivity contribution in [3.63, 3.8) is 0 Å². The molecule has 1 aromatic carbocycles. The van der Waals surface area contributed by atoms with E-state index in [1.807, 2.05) is 0 Å². The zero-order valence-corrected chi connectivity index (χ0v) is 14.5. The molecule has 0 aliphatic carbocycles. The Morgan fingerprint density at radius 3 is 2.50 bits per heavy atom. The third kappa shape index (κ3) is 7.86. The van der Waals surface area contributed by atoms with Gasteiger partial charge in [-0.1, -0.05) is 0 Å². The lowest BCUT2D eigenvalue weighted by Gasteiger charge is -2.20. The second-order valence-corrected chi connectivity index (χ2v) is 5.17. The largest absolute Gasteiger partial charge is 0.469 e. The summed E-state index contributed by atoms with van der Waals surface area (Å²) in [7, 11) is 1.27. The van der Waals surface area contributed by atoms with E-state index in [-0.39, 0.29) is 50.9 Å². The number of carbonyl (C=O) groups excluding carboxylic acids is 2. The van der Waals surface area contributed by atoms with Gasteiger partial charge in [0.1, 0.15) is 0 Å². The van der Waals surface area contributed by atoms with Crippen molar-refractivity contribution in [2.45, 2.75) is 6.42 Å². The maximum atomic E-state index is 12.3. The number of ether oxygens (including phenoxy) is 2. The number of amides is 1. The quantitative estimate of drug-likeness (QED) is 0.204. The van der Waals surface area contributed by atoms with Crippen molar-refractivity contribution in [3.05, 3.63) is 46.0 Å². The SMILES string of the molecule is COC(=O)CCN(CCOCCO)C(=O)/C=C/c1ccc([N+](=O)[O-])cc1. The predicted molar refractivity (Wildman–Crippen MR) is 93.2 cm³/mol. The van der Waals surface area contributed by atoms with Crippen molar-refractivity contribution in [3.8, 4) is 0 Å². The lowest BCUT2D eigenvalue weighted by Crippen LogP contribution is -2.35. The van der Waals surface area contributed by atoms with Gasteiger partial charge in [-0.3, -0.25) is 19.7 Å². The number of methoxy groups -OCH3 is 1. The van der Waals surface area contributed by atoms with Crippen LogP contribution in [0.25, 0.3) is 6.08 Å². The Balaban J connectivity index is 2.68. The van der Waals surface area contributed by atoms with Crippen molar-refractivity contribution in [2.24, 2.45) is 0 Å². The van der Waals surface area contributed by atoms with Crippen molar-refractivity contribution in [1.82, 2.24) is 4.90 Å². The number of nitro benzene ring substituents is 1. The number of hydrogen-bond acceptors (Lipinski definition) is 7. The molecule has 0 spiro atoms. The topological polar surface area (TPSA) is 119 Å². The minimum Gasteiger partial charge on any atom is -0.469 e. The van der Waals surface area contributed by atoms with Gasteiger partial charge in [-0.15, -0.1) is 0 Å². The van der Waals surface area contributed by atoms with Crippen molar-refractivity contribution < 1.29 is 29.1 Å². The summed E-state index contributed by atoms with van der Waals surface area (Å²) in [4.78, 5) is 35.2. The first-order valence-corrected chi connectivity index (χ1v) is 7.94. The summed E-state index contributed by atoms with van der Waals surface area (Å²) < 4.78 is 9.72. The third-order valence-electron chi connectivity index (χ3n) is 3.39. The average molecular weight is 366 g/mol. The maximum Gasteiger partial charge on any atom is 0.307 e. The Hall–Kier alpha value is -2.78. The van der Waals surface area contributed by atoms with Gasteiger partial charge < -0.3 is 19.5 Å². The van der Waals surface area contributed by atoms with Crippen LogP contribution in [0.2, 0.25) is 0 Å². The average Bonchev–Trinajstić information content (AvgIpc) is 2.65. The number of carbonyl (C=O) groups is 2. The number of esters is 1. The van der Waals surface area contributed by atoms with E-state index in [1.54, 1.807) is 0 Å². The number of benzene rings is 1. The third-order valence-corrected chi connectivity index (χ3v) is 3.39. The van der Waals surface area contributed by atoms with Crippen LogP contribution in [0.1, 0.15) is 12.0 Å². The molecule has 0 aliphatic heterocycles. The molecule has 1 rings (SSSR count). The Kier molecular flexibility index (Phi) is 9.58. The van der Waals surface area contributed by atoms with Gasteiger partial charge in [-0.25, -0.2) is 0 Å². The zero-order valence-electron chi connectivity index (χ0n) is 14.5. The first-order chi connectivity index (χ1) is 12.5. The van der Waals surface area contributed by atoms with E-state index in [4.69, 9.17) is 9.84 Å². The van der Waals surface area contributed by atoms with Gasteiger partial charge in [-0.2, -0.15) is 0 Å². The lowest BCUT2D eigenvalue weighted by molar-refractivity contribution is -0.384. The van der Waals surface area contributed by atoms with Crippen LogP contribution >= 0.6 is 0 Å². The number of aliphatic hydroxyl groups is 1. The van der Waals surface area contributed by atoms with Crippen LogP contribution in [0.4, 0.5) is 5.69 Å². The summed E-state index contributed by atoms with van der Waals surface area (Å²) >= 11 is 0. The first kappa shape index (κ1) is 21.3. The molecule has 0 bridgehead atoms. The molecular weight excluding hydrogens is 344 g/mol. The van der Waals surface area contributed by atoms with E-state index in [0.717, 1.165) is 0 Å². The van der Waals surface area contributed by atoms with Crippen LogP contribution in [0.3, 0.4) is 0 Å². The van der Waals surface area contributed by atoms with Crippen LogP contribution in [0, 0.1) is 10.1 Å². The summed E-state index contributed by atoms with van der Waals surface area (Å²) in [6, 6.07) is 5.76. The highest BCUT2D eigenvalue weighted by atomic mass is 16.6. The molecule has 0 aliphatic rings.